The van der Waals surface area contributed by atoms with Crippen LogP contribution in [-0.4, -0.2) is 15.1 Å². The molecule has 4 heteroatoms. The summed E-state index contributed by atoms with van der Waals surface area (Å²) < 4.78 is 13.4. The number of nitrogens with one attached hydrogen (secondary N) is 1. The summed E-state index contributed by atoms with van der Waals surface area (Å²) in [6, 6.07) is 4.65. The van der Waals surface area contributed by atoms with Crippen molar-refractivity contribution in [3.05, 3.63) is 53.4 Å². The first kappa shape index (κ1) is 10.8. The molecule has 0 aliphatic heterocycles. The Labute approximate surface area is 93.0 Å². The lowest BCUT2D eigenvalue weighted by Gasteiger charge is -2.23. The van der Waals surface area contributed by atoms with Crippen molar-refractivity contribution in [2.24, 2.45) is 0 Å². The zero-order chi connectivity index (χ0) is 11.8. The van der Waals surface area contributed by atoms with Gasteiger partial charge in [0.2, 0.25) is 0 Å². The minimum atomic E-state index is -1.31. The molecular weight excluding hydrogens is 207 g/mol. The Kier molecular flexibility index (Phi) is 2.52. The molecule has 1 aromatic heterocycles. The number of halogens is 1. The molecule has 2 aromatic rings. The molecule has 0 aliphatic rings. The van der Waals surface area contributed by atoms with E-state index in [-0.39, 0.29) is 5.82 Å². The zero-order valence-electron chi connectivity index (χ0n) is 9.16. The number of aromatic amines is 1. The van der Waals surface area contributed by atoms with Crippen LogP contribution in [-0.2, 0) is 5.60 Å². The van der Waals surface area contributed by atoms with Crippen molar-refractivity contribution < 1.29 is 9.50 Å². The summed E-state index contributed by atoms with van der Waals surface area (Å²) in [7, 11) is 0. The Hall–Kier alpha value is -1.68. The first-order valence-corrected chi connectivity index (χ1v) is 5.01. The lowest BCUT2D eigenvalue weighted by Crippen LogP contribution is -2.26. The van der Waals surface area contributed by atoms with E-state index >= 15 is 0 Å². The highest BCUT2D eigenvalue weighted by atomic mass is 19.1. The second kappa shape index (κ2) is 3.72. The second-order valence-corrected chi connectivity index (χ2v) is 3.92. The van der Waals surface area contributed by atoms with Crippen molar-refractivity contribution in [3.63, 3.8) is 0 Å². The first-order valence-electron chi connectivity index (χ1n) is 5.01. The summed E-state index contributed by atoms with van der Waals surface area (Å²) in [6.45, 7) is 3.23. The van der Waals surface area contributed by atoms with E-state index in [0.29, 0.717) is 17.0 Å². The Morgan fingerprint density at radius 2 is 2.19 bits per heavy atom. The van der Waals surface area contributed by atoms with Crippen LogP contribution in [0, 0.1) is 12.7 Å². The molecule has 0 bridgehead atoms. The molecule has 0 radical (unpaired) electrons. The number of hydrogen-bond acceptors (Lipinski definition) is 2. The van der Waals surface area contributed by atoms with Crippen molar-refractivity contribution >= 4 is 0 Å². The fourth-order valence-electron chi connectivity index (χ4n) is 1.79. The van der Waals surface area contributed by atoms with Gasteiger partial charge in [-0.25, -0.2) is 9.37 Å². The molecule has 2 N–H and O–H groups in total. The average Bonchev–Trinajstić information content (AvgIpc) is 2.75. The van der Waals surface area contributed by atoms with Crippen LogP contribution in [0.15, 0.2) is 30.6 Å². The second-order valence-electron chi connectivity index (χ2n) is 3.92. The van der Waals surface area contributed by atoms with Gasteiger partial charge in [-0.05, 0) is 31.0 Å². The Morgan fingerprint density at radius 1 is 1.44 bits per heavy atom. The number of imidazole rings is 1. The number of nitrogens with zero attached hydrogens (tertiary/aromatic N) is 1. The largest absolute Gasteiger partial charge is 0.377 e. The van der Waals surface area contributed by atoms with E-state index in [9.17, 15) is 9.50 Å². The maximum atomic E-state index is 13.4. The van der Waals surface area contributed by atoms with Gasteiger partial charge in [-0.3, -0.25) is 0 Å². The molecule has 1 unspecified atom stereocenters. The van der Waals surface area contributed by atoms with Crippen LogP contribution in [0.1, 0.15) is 23.9 Å². The Balaban J connectivity index is 2.56. The van der Waals surface area contributed by atoms with Crippen LogP contribution in [0.5, 0.6) is 0 Å². The van der Waals surface area contributed by atoms with Crippen LogP contribution < -0.4 is 0 Å². The topological polar surface area (TPSA) is 48.9 Å². The highest BCUT2D eigenvalue weighted by Crippen LogP contribution is 2.29. The van der Waals surface area contributed by atoms with Crippen molar-refractivity contribution in [2.45, 2.75) is 19.4 Å². The number of rotatable bonds is 2. The summed E-state index contributed by atoms with van der Waals surface area (Å²) in [4.78, 5) is 6.85. The average molecular weight is 220 g/mol. The summed E-state index contributed by atoms with van der Waals surface area (Å²) in [5.41, 5.74) is -0.360. The molecule has 1 atom stereocenters. The van der Waals surface area contributed by atoms with Gasteiger partial charge >= 0.3 is 0 Å². The number of hydrogen-bond donors (Lipinski definition) is 2. The van der Waals surface area contributed by atoms with Crippen molar-refractivity contribution in [1.29, 1.82) is 0 Å². The fraction of sp³-hybridized carbons (Fsp3) is 0.250. The zero-order valence-corrected chi connectivity index (χ0v) is 9.16. The molecule has 1 aromatic carbocycles. The highest BCUT2D eigenvalue weighted by molar-refractivity contribution is 5.36. The lowest BCUT2D eigenvalue weighted by atomic mass is 9.91. The van der Waals surface area contributed by atoms with Crippen LogP contribution in [0.4, 0.5) is 4.39 Å². The van der Waals surface area contributed by atoms with Gasteiger partial charge in [-0.1, -0.05) is 12.1 Å². The number of aliphatic hydroxyl groups is 1. The number of H-pyrrole nitrogens is 1. The summed E-state index contributed by atoms with van der Waals surface area (Å²) in [5, 5.41) is 10.4. The van der Waals surface area contributed by atoms with Crippen LogP contribution in [0.3, 0.4) is 0 Å². The van der Waals surface area contributed by atoms with Gasteiger partial charge in [0, 0.05) is 12.4 Å². The van der Waals surface area contributed by atoms with Crippen molar-refractivity contribution in [1.82, 2.24) is 9.97 Å². The van der Waals surface area contributed by atoms with Crippen LogP contribution in [0.25, 0.3) is 0 Å². The summed E-state index contributed by atoms with van der Waals surface area (Å²) >= 11 is 0. The molecule has 0 spiro atoms. The lowest BCUT2D eigenvalue weighted by molar-refractivity contribution is 0.0920. The van der Waals surface area contributed by atoms with Gasteiger partial charge in [0.15, 0.2) is 0 Å². The van der Waals surface area contributed by atoms with Crippen molar-refractivity contribution in [2.75, 3.05) is 0 Å². The Bertz CT molecular complexity index is 492. The van der Waals surface area contributed by atoms with Gasteiger partial charge in [0.25, 0.3) is 0 Å². The Morgan fingerprint density at radius 3 is 2.81 bits per heavy atom. The number of benzene rings is 1. The molecule has 16 heavy (non-hydrogen) atoms. The minimum absolute atomic E-state index is 0.329. The summed E-state index contributed by atoms with van der Waals surface area (Å²) in [6.07, 6.45) is 3.18. The third kappa shape index (κ3) is 1.61. The fourth-order valence-corrected chi connectivity index (χ4v) is 1.79. The molecular formula is C12H13FN2O. The van der Waals surface area contributed by atoms with Gasteiger partial charge in [0.05, 0.1) is 0 Å². The third-order valence-corrected chi connectivity index (χ3v) is 2.75. The van der Waals surface area contributed by atoms with Gasteiger partial charge in [-0.2, -0.15) is 0 Å². The van der Waals surface area contributed by atoms with Crippen LogP contribution >= 0.6 is 0 Å². The molecule has 84 valence electrons. The van der Waals surface area contributed by atoms with Gasteiger partial charge < -0.3 is 10.1 Å². The van der Waals surface area contributed by atoms with Crippen LogP contribution in [0.2, 0.25) is 0 Å². The van der Waals surface area contributed by atoms with E-state index in [1.807, 2.05) is 0 Å². The molecule has 0 aliphatic carbocycles. The molecule has 2 rings (SSSR count). The predicted octanol–water partition coefficient (Wildman–Crippen LogP) is 2.11. The number of aromatic nitrogens is 2. The SMILES string of the molecule is Cc1c(F)cccc1C(C)(O)c1ncc[nH]1. The minimum Gasteiger partial charge on any atom is -0.377 e. The molecule has 1 heterocycles. The highest BCUT2D eigenvalue weighted by Gasteiger charge is 2.30. The maximum Gasteiger partial charge on any atom is 0.144 e. The molecule has 0 saturated carbocycles. The quantitative estimate of drug-likeness (QED) is 0.814. The van der Waals surface area contributed by atoms with E-state index in [4.69, 9.17) is 0 Å². The third-order valence-electron chi connectivity index (χ3n) is 2.75. The molecule has 0 fully saturated rings. The van der Waals surface area contributed by atoms with E-state index in [1.165, 1.54) is 6.07 Å². The van der Waals surface area contributed by atoms with E-state index in [0.717, 1.165) is 0 Å². The van der Waals surface area contributed by atoms with E-state index < -0.39 is 5.60 Å². The van der Waals surface area contributed by atoms with E-state index in [1.54, 1.807) is 38.4 Å². The normalized spacial score (nSPS) is 14.8. The van der Waals surface area contributed by atoms with Crippen molar-refractivity contribution in [3.8, 4) is 0 Å². The standard InChI is InChI=1S/C12H13FN2O/c1-8-9(4-3-5-10(8)13)12(2,16)11-14-6-7-15-11/h3-7,16H,1-2H3,(H,14,15). The van der Waals surface area contributed by atoms with E-state index in [2.05, 4.69) is 9.97 Å². The predicted molar refractivity (Wildman–Crippen MR) is 58.4 cm³/mol. The first-order chi connectivity index (χ1) is 7.53. The summed E-state index contributed by atoms with van der Waals surface area (Å²) in [5.74, 6) is 0.0746. The molecule has 3 nitrogen and oxygen atoms in total. The van der Waals surface area contributed by atoms with Gasteiger partial charge in [0.1, 0.15) is 17.2 Å². The smallest absolute Gasteiger partial charge is 0.144 e. The van der Waals surface area contributed by atoms with Gasteiger partial charge in [-0.15, -0.1) is 0 Å². The monoisotopic (exact) mass is 220 g/mol. The molecule has 0 saturated heterocycles. The maximum absolute atomic E-state index is 13.4. The molecule has 0 amide bonds.